The molecule has 3 heteroatoms. The molecule has 0 amide bonds. The van der Waals surface area contributed by atoms with Crippen LogP contribution in [0, 0.1) is 5.92 Å². The molecule has 0 saturated heterocycles. The molecule has 3 nitrogen and oxygen atoms in total. The monoisotopic (exact) mass is 150 g/mol. The fourth-order valence-corrected chi connectivity index (χ4v) is 0.722. The van der Waals surface area contributed by atoms with E-state index < -0.39 is 0 Å². The Labute approximate surface area is 65.5 Å². The summed E-state index contributed by atoms with van der Waals surface area (Å²) in [5, 5.41) is 0. The van der Waals surface area contributed by atoms with E-state index in [1.165, 1.54) is 12.4 Å². The van der Waals surface area contributed by atoms with Gasteiger partial charge in [-0.3, -0.25) is 9.78 Å². The molecular weight excluding hydrogens is 140 g/mol. The largest absolute Gasteiger partial charge is 0.292 e. The van der Waals surface area contributed by atoms with Gasteiger partial charge in [-0.05, 0) is 0 Å². The van der Waals surface area contributed by atoms with Gasteiger partial charge in [0.05, 0.1) is 6.20 Å². The van der Waals surface area contributed by atoms with Crippen molar-refractivity contribution in [1.29, 1.82) is 0 Å². The van der Waals surface area contributed by atoms with Crippen LogP contribution in [-0.4, -0.2) is 15.8 Å². The minimum atomic E-state index is -0.00769. The Morgan fingerprint density at radius 2 is 2.18 bits per heavy atom. The number of ketones is 1. The Kier molecular flexibility index (Phi) is 2.31. The maximum Gasteiger partial charge on any atom is 0.185 e. The zero-order chi connectivity index (χ0) is 8.27. The first-order valence-corrected chi connectivity index (χ1v) is 3.52. The summed E-state index contributed by atoms with van der Waals surface area (Å²) < 4.78 is 0. The molecule has 0 aliphatic heterocycles. The number of nitrogens with zero attached hydrogens (tertiary/aromatic N) is 2. The summed E-state index contributed by atoms with van der Waals surface area (Å²) in [5.74, 6) is 0.0322. The third kappa shape index (κ3) is 1.83. The second-order valence-electron chi connectivity index (χ2n) is 2.61. The van der Waals surface area contributed by atoms with Crippen molar-refractivity contribution in [3.63, 3.8) is 0 Å². The molecule has 0 aliphatic rings. The predicted molar refractivity (Wildman–Crippen MR) is 41.2 cm³/mol. The van der Waals surface area contributed by atoms with Crippen molar-refractivity contribution in [3.8, 4) is 0 Å². The molecular formula is C8H10N2O. The molecule has 1 rings (SSSR count). The maximum atomic E-state index is 11.2. The van der Waals surface area contributed by atoms with Gasteiger partial charge in [0.1, 0.15) is 5.69 Å². The van der Waals surface area contributed by atoms with Gasteiger partial charge in [-0.1, -0.05) is 13.8 Å². The average Bonchev–Trinajstić information content (AvgIpc) is 2.05. The molecule has 0 bridgehead atoms. The zero-order valence-corrected chi connectivity index (χ0v) is 6.61. The molecule has 0 saturated carbocycles. The summed E-state index contributed by atoms with van der Waals surface area (Å²) in [6, 6.07) is 0. The van der Waals surface area contributed by atoms with Crippen LogP contribution in [0.15, 0.2) is 18.6 Å². The van der Waals surface area contributed by atoms with E-state index in [0.29, 0.717) is 5.69 Å². The van der Waals surface area contributed by atoms with E-state index in [1.54, 1.807) is 6.20 Å². The van der Waals surface area contributed by atoms with Gasteiger partial charge in [-0.15, -0.1) is 0 Å². The fraction of sp³-hybridized carbons (Fsp3) is 0.375. The number of Topliss-reactive ketones (excluding diaryl/α,β-unsaturated/α-hetero) is 1. The van der Waals surface area contributed by atoms with Crippen molar-refractivity contribution in [2.75, 3.05) is 0 Å². The van der Waals surface area contributed by atoms with Crippen molar-refractivity contribution in [2.45, 2.75) is 13.8 Å². The van der Waals surface area contributed by atoms with E-state index in [9.17, 15) is 4.79 Å². The van der Waals surface area contributed by atoms with Crippen LogP contribution < -0.4 is 0 Å². The number of hydrogen-bond donors (Lipinski definition) is 0. The first-order chi connectivity index (χ1) is 5.22. The van der Waals surface area contributed by atoms with Crippen LogP contribution in [-0.2, 0) is 0 Å². The second-order valence-corrected chi connectivity index (χ2v) is 2.61. The van der Waals surface area contributed by atoms with E-state index >= 15 is 0 Å². The fourth-order valence-electron chi connectivity index (χ4n) is 0.722. The van der Waals surface area contributed by atoms with E-state index in [-0.39, 0.29) is 11.7 Å². The minimum Gasteiger partial charge on any atom is -0.292 e. The van der Waals surface area contributed by atoms with Gasteiger partial charge in [-0.2, -0.15) is 0 Å². The molecule has 0 atom stereocenters. The summed E-state index contributed by atoms with van der Waals surface area (Å²) in [6.45, 7) is 3.69. The van der Waals surface area contributed by atoms with Crippen LogP contribution in [0.3, 0.4) is 0 Å². The van der Waals surface area contributed by atoms with E-state index in [0.717, 1.165) is 0 Å². The Morgan fingerprint density at radius 1 is 1.45 bits per heavy atom. The Morgan fingerprint density at radius 3 is 2.64 bits per heavy atom. The van der Waals surface area contributed by atoms with Crippen LogP contribution in [0.25, 0.3) is 0 Å². The van der Waals surface area contributed by atoms with E-state index in [1.807, 2.05) is 13.8 Å². The highest BCUT2D eigenvalue weighted by Gasteiger charge is 2.10. The maximum absolute atomic E-state index is 11.2. The lowest BCUT2D eigenvalue weighted by Crippen LogP contribution is -2.09. The number of hydrogen-bond acceptors (Lipinski definition) is 3. The molecule has 0 fully saturated rings. The lowest BCUT2D eigenvalue weighted by molar-refractivity contribution is 0.0934. The summed E-state index contributed by atoms with van der Waals surface area (Å²) in [6.07, 6.45) is 4.56. The third-order valence-corrected chi connectivity index (χ3v) is 1.34. The Hall–Kier alpha value is -1.25. The minimum absolute atomic E-state index is 0.00769. The molecule has 0 N–H and O–H groups in total. The topological polar surface area (TPSA) is 42.9 Å². The molecule has 0 aliphatic carbocycles. The number of carbonyl (C=O) groups is 1. The van der Waals surface area contributed by atoms with Crippen molar-refractivity contribution < 1.29 is 4.79 Å². The smallest absolute Gasteiger partial charge is 0.185 e. The first-order valence-electron chi connectivity index (χ1n) is 3.52. The highest BCUT2D eigenvalue weighted by molar-refractivity contribution is 5.95. The molecule has 11 heavy (non-hydrogen) atoms. The van der Waals surface area contributed by atoms with Crippen molar-refractivity contribution >= 4 is 5.78 Å². The second kappa shape index (κ2) is 3.23. The quantitative estimate of drug-likeness (QED) is 0.597. The van der Waals surface area contributed by atoms with Crippen LogP contribution >= 0.6 is 0 Å². The van der Waals surface area contributed by atoms with Crippen LogP contribution in [0.5, 0.6) is 0 Å². The third-order valence-electron chi connectivity index (χ3n) is 1.34. The standard InChI is InChI=1S/C8H10N2O/c1-6(2)8(11)7-5-9-3-4-10-7/h3-6H,1-2H3. The summed E-state index contributed by atoms with van der Waals surface area (Å²) >= 11 is 0. The molecule has 0 spiro atoms. The molecule has 1 heterocycles. The lowest BCUT2D eigenvalue weighted by Gasteiger charge is -2.00. The van der Waals surface area contributed by atoms with Gasteiger partial charge < -0.3 is 0 Å². The lowest BCUT2D eigenvalue weighted by atomic mass is 10.1. The Balaban J connectivity index is 2.86. The molecule has 0 unspecified atom stereocenters. The van der Waals surface area contributed by atoms with Crippen LogP contribution in [0.2, 0.25) is 0 Å². The summed E-state index contributed by atoms with van der Waals surface area (Å²) in [7, 11) is 0. The van der Waals surface area contributed by atoms with Crippen molar-refractivity contribution in [2.24, 2.45) is 5.92 Å². The molecule has 58 valence electrons. The molecule has 0 aromatic carbocycles. The summed E-state index contributed by atoms with van der Waals surface area (Å²) in [5.41, 5.74) is 0.447. The normalized spacial score (nSPS) is 10.1. The molecule has 1 aromatic rings. The van der Waals surface area contributed by atoms with Gasteiger partial charge in [0.15, 0.2) is 5.78 Å². The van der Waals surface area contributed by atoms with Gasteiger partial charge in [0.2, 0.25) is 0 Å². The predicted octanol–water partition coefficient (Wildman–Crippen LogP) is 1.32. The highest BCUT2D eigenvalue weighted by atomic mass is 16.1. The van der Waals surface area contributed by atoms with Gasteiger partial charge >= 0.3 is 0 Å². The van der Waals surface area contributed by atoms with Crippen molar-refractivity contribution in [3.05, 3.63) is 24.3 Å². The van der Waals surface area contributed by atoms with Crippen molar-refractivity contribution in [1.82, 2.24) is 9.97 Å². The number of aromatic nitrogens is 2. The van der Waals surface area contributed by atoms with Gasteiger partial charge in [0.25, 0.3) is 0 Å². The SMILES string of the molecule is CC(C)C(=O)c1cnccn1. The Bertz CT molecular complexity index is 244. The molecule has 0 radical (unpaired) electrons. The zero-order valence-electron chi connectivity index (χ0n) is 6.61. The first kappa shape index (κ1) is 7.85. The van der Waals surface area contributed by atoms with Crippen LogP contribution in [0.4, 0.5) is 0 Å². The van der Waals surface area contributed by atoms with Gasteiger partial charge in [-0.25, -0.2) is 4.98 Å². The summed E-state index contributed by atoms with van der Waals surface area (Å²) in [4.78, 5) is 18.9. The number of carbonyl (C=O) groups excluding carboxylic acids is 1. The highest BCUT2D eigenvalue weighted by Crippen LogP contribution is 2.02. The molecule has 1 aromatic heterocycles. The van der Waals surface area contributed by atoms with Crippen LogP contribution in [0.1, 0.15) is 24.3 Å². The van der Waals surface area contributed by atoms with Gasteiger partial charge in [0, 0.05) is 18.3 Å². The van der Waals surface area contributed by atoms with E-state index in [4.69, 9.17) is 0 Å². The average molecular weight is 150 g/mol. The number of rotatable bonds is 2. The van der Waals surface area contributed by atoms with E-state index in [2.05, 4.69) is 9.97 Å².